The Morgan fingerprint density at radius 2 is 2.04 bits per heavy atom. The number of alkyl halides is 2. The maximum absolute atomic E-state index is 12.9. The Bertz CT molecular complexity index is 724. The number of carbonyl (C=O) groups excluding carboxylic acids is 1. The topological polar surface area (TPSA) is 42.4 Å². The summed E-state index contributed by atoms with van der Waals surface area (Å²) in [6.45, 7) is 0.965. The molecule has 0 aliphatic carbocycles. The van der Waals surface area contributed by atoms with Crippen LogP contribution in [0.4, 0.5) is 14.5 Å². The van der Waals surface area contributed by atoms with Crippen LogP contribution in [-0.4, -0.2) is 31.2 Å². The number of anilines is 1. The van der Waals surface area contributed by atoms with Crippen molar-refractivity contribution in [3.63, 3.8) is 0 Å². The van der Waals surface area contributed by atoms with Crippen LogP contribution < -0.4 is 4.90 Å². The SMILES string of the molecule is COC(=O)C1(c2ccccc2)CCN(c2ccnc(C(F)F)c2)C1. The smallest absolute Gasteiger partial charge is 0.318 e. The lowest BCUT2D eigenvalue weighted by molar-refractivity contribution is -0.146. The third kappa shape index (κ3) is 2.84. The maximum atomic E-state index is 12.9. The van der Waals surface area contributed by atoms with E-state index in [-0.39, 0.29) is 11.7 Å². The van der Waals surface area contributed by atoms with Gasteiger partial charge < -0.3 is 9.64 Å². The van der Waals surface area contributed by atoms with E-state index in [1.54, 1.807) is 6.07 Å². The van der Waals surface area contributed by atoms with Gasteiger partial charge in [0.2, 0.25) is 0 Å². The highest BCUT2D eigenvalue weighted by molar-refractivity contribution is 5.85. The van der Waals surface area contributed by atoms with Crippen molar-refractivity contribution < 1.29 is 18.3 Å². The Morgan fingerprint density at radius 3 is 2.71 bits per heavy atom. The molecule has 4 nitrogen and oxygen atoms in total. The van der Waals surface area contributed by atoms with Crippen LogP contribution in [0, 0.1) is 0 Å². The van der Waals surface area contributed by atoms with E-state index in [0.717, 1.165) is 5.56 Å². The molecule has 1 saturated heterocycles. The molecule has 0 radical (unpaired) electrons. The lowest BCUT2D eigenvalue weighted by Gasteiger charge is -2.27. The van der Waals surface area contributed by atoms with Gasteiger partial charge in [0.05, 0.1) is 7.11 Å². The van der Waals surface area contributed by atoms with Crippen molar-refractivity contribution in [2.75, 3.05) is 25.1 Å². The van der Waals surface area contributed by atoms with E-state index in [2.05, 4.69) is 4.98 Å². The van der Waals surface area contributed by atoms with Gasteiger partial charge in [-0.1, -0.05) is 30.3 Å². The number of esters is 1. The monoisotopic (exact) mass is 332 g/mol. The van der Waals surface area contributed by atoms with Crippen molar-refractivity contribution in [2.45, 2.75) is 18.3 Å². The zero-order valence-corrected chi connectivity index (χ0v) is 13.3. The Morgan fingerprint density at radius 1 is 1.29 bits per heavy atom. The normalized spacial score (nSPS) is 20.4. The summed E-state index contributed by atoms with van der Waals surface area (Å²) in [4.78, 5) is 18.1. The Kier molecular flexibility index (Phi) is 4.46. The van der Waals surface area contributed by atoms with Gasteiger partial charge in [0.15, 0.2) is 0 Å². The third-order valence-corrected chi connectivity index (χ3v) is 4.53. The van der Waals surface area contributed by atoms with E-state index >= 15 is 0 Å². The highest BCUT2D eigenvalue weighted by atomic mass is 19.3. The third-order valence-electron chi connectivity index (χ3n) is 4.53. The minimum Gasteiger partial charge on any atom is -0.468 e. The van der Waals surface area contributed by atoms with Gasteiger partial charge in [-0.05, 0) is 24.1 Å². The number of halogens is 2. The Hall–Kier alpha value is -2.50. The summed E-state index contributed by atoms with van der Waals surface area (Å²) in [6, 6.07) is 12.5. The average molecular weight is 332 g/mol. The van der Waals surface area contributed by atoms with E-state index in [0.29, 0.717) is 25.2 Å². The van der Waals surface area contributed by atoms with Crippen molar-refractivity contribution in [1.29, 1.82) is 0 Å². The maximum Gasteiger partial charge on any atom is 0.318 e. The van der Waals surface area contributed by atoms with Gasteiger partial charge in [-0.2, -0.15) is 0 Å². The number of methoxy groups -OCH3 is 1. The molecular formula is C18H18F2N2O2. The summed E-state index contributed by atoms with van der Waals surface area (Å²) in [5.41, 5.74) is 0.469. The quantitative estimate of drug-likeness (QED) is 0.806. The molecule has 3 rings (SSSR count). The first-order valence-corrected chi connectivity index (χ1v) is 7.70. The Balaban J connectivity index is 1.93. The molecule has 1 aliphatic rings. The van der Waals surface area contributed by atoms with Crippen LogP contribution >= 0.6 is 0 Å². The number of hydrogen-bond acceptors (Lipinski definition) is 4. The predicted octanol–water partition coefficient (Wildman–Crippen LogP) is 3.34. The molecular weight excluding hydrogens is 314 g/mol. The largest absolute Gasteiger partial charge is 0.468 e. The number of benzene rings is 1. The summed E-state index contributed by atoms with van der Waals surface area (Å²) in [7, 11) is 1.37. The Labute approximate surface area is 139 Å². The molecule has 0 bridgehead atoms. The molecule has 1 fully saturated rings. The fourth-order valence-electron chi connectivity index (χ4n) is 3.26. The van der Waals surface area contributed by atoms with Crippen LogP contribution in [0.2, 0.25) is 0 Å². The molecule has 1 aromatic carbocycles. The highest BCUT2D eigenvalue weighted by Crippen LogP contribution is 2.38. The van der Waals surface area contributed by atoms with Gasteiger partial charge >= 0.3 is 5.97 Å². The summed E-state index contributed by atoms with van der Waals surface area (Å²) >= 11 is 0. The van der Waals surface area contributed by atoms with Gasteiger partial charge in [-0.3, -0.25) is 9.78 Å². The molecule has 2 heterocycles. The van der Waals surface area contributed by atoms with Crippen LogP contribution in [0.15, 0.2) is 48.7 Å². The molecule has 0 spiro atoms. The van der Waals surface area contributed by atoms with Gasteiger partial charge in [0, 0.05) is 25.0 Å². The minimum absolute atomic E-state index is 0.261. The second-order valence-electron chi connectivity index (χ2n) is 5.85. The first-order chi connectivity index (χ1) is 11.6. The average Bonchev–Trinajstić information content (AvgIpc) is 3.08. The highest BCUT2D eigenvalue weighted by Gasteiger charge is 2.47. The van der Waals surface area contributed by atoms with Gasteiger partial charge in [0.1, 0.15) is 11.1 Å². The van der Waals surface area contributed by atoms with Crippen LogP contribution in [0.3, 0.4) is 0 Å². The molecule has 0 amide bonds. The first kappa shape index (κ1) is 16.4. The van der Waals surface area contributed by atoms with E-state index in [4.69, 9.17) is 4.74 Å². The molecule has 126 valence electrons. The second-order valence-corrected chi connectivity index (χ2v) is 5.85. The first-order valence-electron chi connectivity index (χ1n) is 7.70. The molecule has 1 aromatic heterocycles. The van der Waals surface area contributed by atoms with E-state index in [1.807, 2.05) is 35.2 Å². The molecule has 2 aromatic rings. The number of aromatic nitrogens is 1. The summed E-state index contributed by atoms with van der Waals surface area (Å²) in [5.74, 6) is -0.306. The number of hydrogen-bond donors (Lipinski definition) is 0. The number of carbonyl (C=O) groups is 1. The van der Waals surface area contributed by atoms with E-state index < -0.39 is 11.8 Å². The van der Waals surface area contributed by atoms with Crippen LogP contribution in [-0.2, 0) is 14.9 Å². The van der Waals surface area contributed by atoms with Gasteiger partial charge in [0.25, 0.3) is 6.43 Å². The number of rotatable bonds is 4. The molecule has 0 N–H and O–H groups in total. The van der Waals surface area contributed by atoms with E-state index in [9.17, 15) is 13.6 Å². The fourth-order valence-corrected chi connectivity index (χ4v) is 3.26. The molecule has 1 unspecified atom stereocenters. The number of pyridine rings is 1. The molecule has 6 heteroatoms. The molecule has 0 saturated carbocycles. The van der Waals surface area contributed by atoms with Crippen LogP contribution in [0.25, 0.3) is 0 Å². The summed E-state index contributed by atoms with van der Waals surface area (Å²) in [5, 5.41) is 0. The van der Waals surface area contributed by atoms with Gasteiger partial charge in [-0.15, -0.1) is 0 Å². The van der Waals surface area contributed by atoms with Crippen molar-refractivity contribution in [1.82, 2.24) is 4.98 Å². The van der Waals surface area contributed by atoms with Crippen molar-refractivity contribution in [2.24, 2.45) is 0 Å². The lowest BCUT2D eigenvalue weighted by atomic mass is 9.79. The van der Waals surface area contributed by atoms with Gasteiger partial charge in [-0.25, -0.2) is 8.78 Å². The molecule has 24 heavy (non-hydrogen) atoms. The van der Waals surface area contributed by atoms with E-state index in [1.165, 1.54) is 19.4 Å². The zero-order chi connectivity index (χ0) is 17.2. The number of nitrogens with zero attached hydrogens (tertiary/aromatic N) is 2. The van der Waals surface area contributed by atoms with Crippen molar-refractivity contribution in [3.8, 4) is 0 Å². The summed E-state index contributed by atoms with van der Waals surface area (Å²) < 4.78 is 30.8. The van der Waals surface area contributed by atoms with Crippen molar-refractivity contribution >= 4 is 11.7 Å². The predicted molar refractivity (Wildman–Crippen MR) is 86.2 cm³/mol. The standard InChI is InChI=1S/C18H18F2N2O2/c1-24-17(23)18(13-5-3-2-4-6-13)8-10-22(12-18)14-7-9-21-15(11-14)16(19)20/h2-7,9,11,16H,8,10,12H2,1H3. The second kappa shape index (κ2) is 6.55. The minimum atomic E-state index is -2.62. The number of ether oxygens (including phenoxy) is 1. The zero-order valence-electron chi connectivity index (χ0n) is 13.3. The lowest BCUT2D eigenvalue weighted by Crippen LogP contribution is -2.40. The molecule has 1 aliphatic heterocycles. The van der Waals surface area contributed by atoms with Crippen LogP contribution in [0.5, 0.6) is 0 Å². The fraction of sp³-hybridized carbons (Fsp3) is 0.333. The van der Waals surface area contributed by atoms with Crippen LogP contribution in [0.1, 0.15) is 24.1 Å². The van der Waals surface area contributed by atoms with Crippen molar-refractivity contribution in [3.05, 3.63) is 59.9 Å². The summed E-state index contributed by atoms with van der Waals surface area (Å²) in [6.07, 6.45) is -0.680. The molecule has 1 atom stereocenters.